The number of aliphatic hydroxyl groups is 1. The lowest BCUT2D eigenvalue weighted by Crippen LogP contribution is -2.21. The second-order valence-corrected chi connectivity index (χ2v) is 8.39. The van der Waals surface area contributed by atoms with Crippen molar-refractivity contribution in [3.8, 4) is 11.4 Å². The molecule has 13 heteroatoms. The van der Waals surface area contributed by atoms with Gasteiger partial charge in [-0.3, -0.25) is 9.36 Å². The van der Waals surface area contributed by atoms with Crippen molar-refractivity contribution in [1.82, 2.24) is 39.7 Å². The molecule has 4 N–H and O–H groups in total. The van der Waals surface area contributed by atoms with Gasteiger partial charge >= 0.3 is 0 Å². The van der Waals surface area contributed by atoms with Crippen LogP contribution in [-0.4, -0.2) is 51.4 Å². The number of nitrogens with zero attached hydrogens (tertiary/aromatic N) is 8. The average Bonchev–Trinajstić information content (AvgIpc) is 3.45. The summed E-state index contributed by atoms with van der Waals surface area (Å²) in [7, 11) is 1.65. The number of aliphatic hydroxyl groups excluding tert-OH is 1. The number of nitrogen functional groups attached to an aromatic ring is 1. The van der Waals surface area contributed by atoms with Gasteiger partial charge in [0.05, 0.1) is 35.3 Å². The molecule has 0 spiro atoms. The molecule has 12 nitrogen and oxygen atoms in total. The minimum atomic E-state index is -0.356. The predicted octanol–water partition coefficient (Wildman–Crippen LogP) is 1.34. The highest BCUT2D eigenvalue weighted by Gasteiger charge is 2.39. The zero-order chi connectivity index (χ0) is 23.3. The number of nitrogens with two attached hydrogens (primary N) is 1. The maximum Gasteiger partial charge on any atom is 0.262 e. The van der Waals surface area contributed by atoms with E-state index in [1.54, 1.807) is 17.7 Å². The van der Waals surface area contributed by atoms with Crippen LogP contribution >= 0.6 is 11.6 Å². The standard InChI is InChI=1S/C20H21ClN10O2/c1-9(26-18-15(17(22)23-7-24-18)19-27-29-30(2)28-19)11-3-4-12-14(16(11)21)20(33)31(8-25-12)13-5-10(13)6-32/h3-4,7-10,13,32H,5-6H2,1-2H3,(H3,22,23,24,26)/t9-,10?,13?/m0/s1. The molecule has 33 heavy (non-hydrogen) atoms. The van der Waals surface area contributed by atoms with Gasteiger partial charge in [0.1, 0.15) is 23.5 Å². The number of benzene rings is 1. The van der Waals surface area contributed by atoms with Gasteiger partial charge in [0.2, 0.25) is 5.82 Å². The van der Waals surface area contributed by atoms with Crippen LogP contribution < -0.4 is 16.6 Å². The van der Waals surface area contributed by atoms with Gasteiger partial charge in [0, 0.05) is 18.6 Å². The molecule has 1 aromatic carbocycles. The number of aromatic nitrogens is 8. The Bertz CT molecular complexity index is 1420. The van der Waals surface area contributed by atoms with E-state index in [1.165, 1.54) is 17.5 Å². The Balaban J connectivity index is 1.53. The molecule has 0 aliphatic heterocycles. The molecular weight excluding hydrogens is 448 g/mol. The molecule has 1 saturated carbocycles. The average molecular weight is 469 g/mol. The first-order chi connectivity index (χ1) is 15.9. The molecule has 3 heterocycles. The summed E-state index contributed by atoms with van der Waals surface area (Å²) < 4.78 is 1.56. The first-order valence-electron chi connectivity index (χ1n) is 10.3. The Hall–Kier alpha value is -3.64. The van der Waals surface area contributed by atoms with E-state index in [9.17, 15) is 9.90 Å². The monoisotopic (exact) mass is 468 g/mol. The van der Waals surface area contributed by atoms with Crippen molar-refractivity contribution in [2.24, 2.45) is 13.0 Å². The van der Waals surface area contributed by atoms with E-state index in [-0.39, 0.29) is 41.8 Å². The van der Waals surface area contributed by atoms with Gasteiger partial charge in [0.15, 0.2) is 0 Å². The zero-order valence-corrected chi connectivity index (χ0v) is 18.6. The fourth-order valence-electron chi connectivity index (χ4n) is 3.93. The van der Waals surface area contributed by atoms with E-state index >= 15 is 0 Å². The van der Waals surface area contributed by atoms with E-state index in [4.69, 9.17) is 17.3 Å². The van der Waals surface area contributed by atoms with Crippen molar-refractivity contribution in [3.63, 3.8) is 0 Å². The molecule has 1 fully saturated rings. The van der Waals surface area contributed by atoms with Gasteiger partial charge in [-0.05, 0) is 30.2 Å². The van der Waals surface area contributed by atoms with Crippen LogP contribution in [0.3, 0.4) is 0 Å². The maximum atomic E-state index is 13.2. The summed E-state index contributed by atoms with van der Waals surface area (Å²) >= 11 is 6.73. The molecule has 0 amide bonds. The van der Waals surface area contributed by atoms with E-state index in [2.05, 4.69) is 35.7 Å². The van der Waals surface area contributed by atoms with Gasteiger partial charge in [-0.1, -0.05) is 17.7 Å². The highest BCUT2D eigenvalue weighted by molar-refractivity contribution is 6.36. The second-order valence-electron chi connectivity index (χ2n) is 8.02. The molecular formula is C20H21ClN10O2. The molecule has 5 rings (SSSR count). The third-order valence-electron chi connectivity index (χ3n) is 5.82. The first kappa shape index (κ1) is 21.2. The normalized spacial score (nSPS) is 18.4. The van der Waals surface area contributed by atoms with Crippen LogP contribution in [0.4, 0.5) is 11.6 Å². The minimum absolute atomic E-state index is 0.0366. The van der Waals surface area contributed by atoms with Crippen LogP contribution in [0, 0.1) is 5.92 Å². The maximum absolute atomic E-state index is 13.2. The smallest absolute Gasteiger partial charge is 0.262 e. The summed E-state index contributed by atoms with van der Waals surface area (Å²) in [5, 5.41) is 25.3. The molecule has 2 unspecified atom stereocenters. The summed E-state index contributed by atoms with van der Waals surface area (Å²) in [6.45, 7) is 1.92. The van der Waals surface area contributed by atoms with Crippen LogP contribution in [0.5, 0.6) is 0 Å². The molecule has 3 atom stereocenters. The Morgan fingerprint density at radius 2 is 2.15 bits per heavy atom. The van der Waals surface area contributed by atoms with E-state index in [0.717, 1.165) is 6.42 Å². The summed E-state index contributed by atoms with van der Waals surface area (Å²) in [4.78, 5) is 27.2. The van der Waals surface area contributed by atoms with E-state index in [0.29, 0.717) is 32.9 Å². The van der Waals surface area contributed by atoms with Gasteiger partial charge in [-0.15, -0.1) is 10.2 Å². The molecule has 0 radical (unpaired) electrons. The van der Waals surface area contributed by atoms with Crippen molar-refractivity contribution in [2.45, 2.75) is 25.4 Å². The summed E-state index contributed by atoms with van der Waals surface area (Å²) in [5.41, 5.74) is 7.46. The van der Waals surface area contributed by atoms with Crippen molar-refractivity contribution in [1.29, 1.82) is 0 Å². The summed E-state index contributed by atoms with van der Waals surface area (Å²) in [5.74, 6) is 0.962. The highest BCUT2D eigenvalue weighted by Crippen LogP contribution is 2.42. The van der Waals surface area contributed by atoms with Gasteiger partial charge in [0.25, 0.3) is 5.56 Å². The number of hydrogen-bond acceptors (Lipinski definition) is 10. The number of halogens is 1. The Morgan fingerprint density at radius 1 is 1.33 bits per heavy atom. The SMILES string of the molecule is C[C@H](Nc1ncnc(N)c1-c1nnn(C)n1)c1ccc2ncn(C3CC3CO)c(=O)c2c1Cl. The summed E-state index contributed by atoms with van der Waals surface area (Å²) in [6, 6.07) is 3.17. The first-order valence-corrected chi connectivity index (χ1v) is 10.7. The second kappa shape index (κ2) is 8.05. The third-order valence-corrected chi connectivity index (χ3v) is 6.23. The topological polar surface area (TPSA) is 163 Å². The van der Waals surface area contributed by atoms with Gasteiger partial charge in [-0.25, -0.2) is 15.0 Å². The number of fused-ring (bicyclic) bond motifs is 1. The predicted molar refractivity (Wildman–Crippen MR) is 122 cm³/mol. The van der Waals surface area contributed by atoms with Crippen molar-refractivity contribution in [2.75, 3.05) is 17.7 Å². The van der Waals surface area contributed by atoms with Crippen LogP contribution in [0.2, 0.25) is 5.02 Å². The lowest BCUT2D eigenvalue weighted by molar-refractivity contribution is 0.268. The number of hydrogen-bond donors (Lipinski definition) is 3. The van der Waals surface area contributed by atoms with Crippen LogP contribution in [-0.2, 0) is 7.05 Å². The number of aryl methyl sites for hydroxylation is 1. The van der Waals surface area contributed by atoms with E-state index < -0.39 is 0 Å². The molecule has 0 bridgehead atoms. The lowest BCUT2D eigenvalue weighted by Gasteiger charge is -2.19. The number of rotatable bonds is 6. The van der Waals surface area contributed by atoms with Crippen LogP contribution in [0.15, 0.2) is 29.6 Å². The Morgan fingerprint density at radius 3 is 2.85 bits per heavy atom. The number of anilines is 2. The molecule has 170 valence electrons. The third kappa shape index (κ3) is 3.66. The Kier molecular flexibility index (Phi) is 5.17. The van der Waals surface area contributed by atoms with Crippen LogP contribution in [0.1, 0.15) is 31.0 Å². The highest BCUT2D eigenvalue weighted by atomic mass is 35.5. The Labute approximate surface area is 192 Å². The van der Waals surface area contributed by atoms with Gasteiger partial charge in [-0.2, -0.15) is 4.80 Å². The largest absolute Gasteiger partial charge is 0.396 e. The minimum Gasteiger partial charge on any atom is -0.396 e. The fraction of sp³-hybridized carbons (Fsp3) is 0.350. The fourth-order valence-corrected chi connectivity index (χ4v) is 4.34. The van der Waals surface area contributed by atoms with Crippen LogP contribution in [0.25, 0.3) is 22.3 Å². The molecule has 0 saturated heterocycles. The molecule has 3 aromatic heterocycles. The number of tetrazole rings is 1. The number of nitrogens with one attached hydrogen (secondary N) is 1. The van der Waals surface area contributed by atoms with E-state index in [1.807, 2.05) is 13.0 Å². The van der Waals surface area contributed by atoms with Crippen molar-refractivity contribution in [3.05, 3.63) is 45.7 Å². The molecule has 1 aliphatic carbocycles. The molecule has 4 aromatic rings. The quantitative estimate of drug-likeness (QED) is 0.376. The molecule has 1 aliphatic rings. The van der Waals surface area contributed by atoms with Gasteiger partial charge < -0.3 is 16.2 Å². The lowest BCUT2D eigenvalue weighted by atomic mass is 10.1. The van der Waals surface area contributed by atoms with Crippen molar-refractivity contribution < 1.29 is 5.11 Å². The summed E-state index contributed by atoms with van der Waals surface area (Å²) in [6.07, 6.45) is 3.60. The zero-order valence-electron chi connectivity index (χ0n) is 17.8. The van der Waals surface area contributed by atoms with Crippen molar-refractivity contribution >= 4 is 34.1 Å².